The Labute approximate surface area is 259 Å². The van der Waals surface area contributed by atoms with E-state index in [1.165, 1.54) is 22.3 Å². The molecular formula is C38H29INO2+. The number of aromatic nitrogens is 1. The number of hydrogen-bond acceptors (Lipinski definition) is 2. The first-order chi connectivity index (χ1) is 20.5. The van der Waals surface area contributed by atoms with Gasteiger partial charge in [0.2, 0.25) is 5.69 Å². The third-order valence-electron chi connectivity index (χ3n) is 8.35. The van der Waals surface area contributed by atoms with Crippen molar-refractivity contribution >= 4 is 56.1 Å². The highest BCUT2D eigenvalue weighted by molar-refractivity contribution is 14.1. The van der Waals surface area contributed by atoms with E-state index in [2.05, 4.69) is 129 Å². The second-order valence-electron chi connectivity index (χ2n) is 10.6. The van der Waals surface area contributed by atoms with Gasteiger partial charge in [0.25, 0.3) is 0 Å². The van der Waals surface area contributed by atoms with Crippen molar-refractivity contribution in [1.29, 1.82) is 0 Å². The van der Waals surface area contributed by atoms with E-state index in [-0.39, 0.29) is 0 Å². The lowest BCUT2D eigenvalue weighted by Gasteiger charge is -2.23. The molecule has 0 saturated carbocycles. The SMILES string of the molecule is C=C/C1=C(\C=C/C)c2ccccc2-c2ccccc2-c2cc3oc4c(-c5cccc[n+]5C)c(C)c(OI)cc4c3cc21. The Kier molecular flexibility index (Phi) is 6.59. The molecule has 0 spiro atoms. The van der Waals surface area contributed by atoms with Crippen molar-refractivity contribution in [2.24, 2.45) is 7.05 Å². The topological polar surface area (TPSA) is 26.2 Å². The fourth-order valence-electron chi connectivity index (χ4n) is 6.40. The van der Waals surface area contributed by atoms with E-state index in [1.807, 2.05) is 35.1 Å². The van der Waals surface area contributed by atoms with Gasteiger partial charge in [-0.05, 0) is 82.6 Å². The summed E-state index contributed by atoms with van der Waals surface area (Å²) in [6.45, 7) is 8.47. The molecule has 0 bridgehead atoms. The number of benzene rings is 4. The number of nitrogens with zero attached hydrogens (tertiary/aromatic N) is 1. The minimum atomic E-state index is 0.824. The van der Waals surface area contributed by atoms with Crippen LogP contribution in [0.2, 0.25) is 0 Å². The van der Waals surface area contributed by atoms with Gasteiger partial charge in [-0.15, -0.1) is 0 Å². The molecule has 0 unspecified atom stereocenters. The summed E-state index contributed by atoms with van der Waals surface area (Å²) in [5.41, 5.74) is 14.1. The van der Waals surface area contributed by atoms with E-state index in [0.29, 0.717) is 0 Å². The molecule has 1 aliphatic carbocycles. The molecule has 4 aromatic carbocycles. The van der Waals surface area contributed by atoms with E-state index in [0.717, 1.165) is 66.8 Å². The third kappa shape index (κ3) is 3.97. The molecule has 4 heteroatoms. The molecule has 6 aromatic rings. The zero-order chi connectivity index (χ0) is 29.0. The molecule has 0 amide bonds. The van der Waals surface area contributed by atoms with E-state index in [4.69, 9.17) is 7.48 Å². The number of fused-ring (bicyclic) bond motifs is 8. The largest absolute Gasteiger partial charge is 0.455 e. The standard InChI is InChI=1S/C38H29INO2/c1-5-13-25-24(6-2)30-20-32-33-22-35(42-39)23(3)37(34-18-11-12-19-40(34)4)38(33)41-36(32)21-31(30)29-17-10-9-16-28(29)27-15-8-7-14-26(25)27/h5-22H,2H2,1,3-4H3/q+1/b13-5-,25-24-,26-25?,28-27?,30-24?,31-29?. The first kappa shape index (κ1) is 26.5. The van der Waals surface area contributed by atoms with Crippen molar-refractivity contribution < 1.29 is 12.1 Å². The lowest BCUT2D eigenvalue weighted by atomic mass is 9.80. The highest BCUT2D eigenvalue weighted by atomic mass is 127. The van der Waals surface area contributed by atoms with E-state index >= 15 is 0 Å². The molecule has 3 nitrogen and oxygen atoms in total. The molecule has 0 N–H and O–H groups in total. The van der Waals surface area contributed by atoms with Gasteiger partial charge in [-0.25, -0.2) is 4.57 Å². The summed E-state index contributed by atoms with van der Waals surface area (Å²) in [6, 6.07) is 30.1. The molecule has 0 atom stereocenters. The Morgan fingerprint density at radius 2 is 1.45 bits per heavy atom. The van der Waals surface area contributed by atoms with Gasteiger partial charge in [0, 0.05) is 28.5 Å². The van der Waals surface area contributed by atoms with Crippen LogP contribution in [0.1, 0.15) is 23.6 Å². The van der Waals surface area contributed by atoms with Crippen LogP contribution in [-0.2, 0) is 7.05 Å². The van der Waals surface area contributed by atoms with Crippen LogP contribution in [-0.4, -0.2) is 0 Å². The van der Waals surface area contributed by atoms with Gasteiger partial charge in [-0.2, -0.15) is 0 Å². The second-order valence-corrected chi connectivity index (χ2v) is 11.1. The van der Waals surface area contributed by atoms with Gasteiger partial charge in [0.15, 0.2) is 29.2 Å². The number of pyridine rings is 1. The monoisotopic (exact) mass is 658 g/mol. The number of hydrogen-bond donors (Lipinski definition) is 0. The third-order valence-corrected chi connectivity index (χ3v) is 8.82. The lowest BCUT2D eigenvalue weighted by molar-refractivity contribution is -0.660. The maximum absolute atomic E-state index is 6.81. The minimum absolute atomic E-state index is 0.824. The van der Waals surface area contributed by atoms with Crippen molar-refractivity contribution in [2.75, 3.05) is 0 Å². The highest BCUT2D eigenvalue weighted by Crippen LogP contribution is 2.48. The Bertz CT molecular complexity index is 2130. The molecule has 0 saturated heterocycles. The van der Waals surface area contributed by atoms with Crippen LogP contribution in [0.25, 0.3) is 66.6 Å². The molecular weight excluding hydrogens is 629 g/mol. The number of rotatable bonds is 4. The summed E-state index contributed by atoms with van der Waals surface area (Å²) in [5, 5.41) is 2.07. The first-order valence-corrected chi connectivity index (χ1v) is 14.9. The van der Waals surface area contributed by atoms with E-state index in [9.17, 15) is 0 Å². The molecule has 2 aromatic heterocycles. The maximum atomic E-state index is 6.81. The number of aryl methyl sites for hydroxylation is 1. The fourth-order valence-corrected chi connectivity index (χ4v) is 6.86. The van der Waals surface area contributed by atoms with Gasteiger partial charge in [0.1, 0.15) is 24.0 Å². The first-order valence-electron chi connectivity index (χ1n) is 14.0. The summed E-state index contributed by atoms with van der Waals surface area (Å²) in [5.74, 6) is 0.824. The van der Waals surface area contributed by atoms with E-state index < -0.39 is 0 Å². The predicted molar refractivity (Wildman–Crippen MR) is 182 cm³/mol. The lowest BCUT2D eigenvalue weighted by Crippen LogP contribution is -2.30. The zero-order valence-corrected chi connectivity index (χ0v) is 25.9. The number of allylic oxidation sites excluding steroid dienone is 5. The average Bonchev–Trinajstić information content (AvgIpc) is 3.37. The van der Waals surface area contributed by atoms with Crippen LogP contribution in [0.15, 0.2) is 120 Å². The Balaban J connectivity index is 1.66. The van der Waals surface area contributed by atoms with Crippen LogP contribution in [0.5, 0.6) is 5.75 Å². The van der Waals surface area contributed by atoms with Gasteiger partial charge in [0.05, 0.1) is 5.56 Å². The normalized spacial score (nSPS) is 14.4. The highest BCUT2D eigenvalue weighted by Gasteiger charge is 2.27. The van der Waals surface area contributed by atoms with Gasteiger partial charge in [-0.1, -0.05) is 73.3 Å². The van der Waals surface area contributed by atoms with Crippen LogP contribution in [0.4, 0.5) is 0 Å². The number of furan rings is 1. The van der Waals surface area contributed by atoms with Crippen LogP contribution in [0.3, 0.4) is 0 Å². The van der Waals surface area contributed by atoms with Gasteiger partial charge >= 0.3 is 0 Å². The second kappa shape index (κ2) is 10.4. The van der Waals surface area contributed by atoms with E-state index in [1.54, 1.807) is 0 Å². The van der Waals surface area contributed by atoms with Crippen LogP contribution < -0.4 is 7.63 Å². The molecule has 204 valence electrons. The molecule has 7 rings (SSSR count). The molecule has 0 radical (unpaired) electrons. The Morgan fingerprint density at radius 3 is 2.12 bits per heavy atom. The molecule has 0 fully saturated rings. The summed E-state index contributed by atoms with van der Waals surface area (Å²) in [6.07, 6.45) is 8.36. The Hall–Kier alpha value is -4.42. The smallest absolute Gasteiger partial charge is 0.216 e. The van der Waals surface area contributed by atoms with Gasteiger partial charge < -0.3 is 7.48 Å². The summed E-state index contributed by atoms with van der Waals surface area (Å²) in [4.78, 5) is 0. The van der Waals surface area contributed by atoms with Gasteiger partial charge in [-0.3, -0.25) is 0 Å². The van der Waals surface area contributed by atoms with Crippen molar-refractivity contribution in [3.05, 3.63) is 133 Å². The number of halogens is 1. The molecule has 2 heterocycles. The van der Waals surface area contributed by atoms with Crippen LogP contribution >= 0.6 is 23.0 Å². The average molecular weight is 659 g/mol. The quantitative estimate of drug-likeness (QED) is 0.139. The van der Waals surface area contributed by atoms with Crippen LogP contribution in [0, 0.1) is 6.92 Å². The van der Waals surface area contributed by atoms with Crippen molar-refractivity contribution in [3.63, 3.8) is 0 Å². The molecule has 1 aliphatic rings. The van der Waals surface area contributed by atoms with Crippen molar-refractivity contribution in [1.82, 2.24) is 0 Å². The van der Waals surface area contributed by atoms with Crippen molar-refractivity contribution in [3.8, 4) is 39.3 Å². The summed E-state index contributed by atoms with van der Waals surface area (Å²) >= 11 is 1.98. The van der Waals surface area contributed by atoms with Crippen molar-refractivity contribution in [2.45, 2.75) is 13.8 Å². The maximum Gasteiger partial charge on any atom is 0.216 e. The fraction of sp³-hybridized carbons (Fsp3) is 0.0789. The summed E-state index contributed by atoms with van der Waals surface area (Å²) in [7, 11) is 2.06. The Morgan fingerprint density at radius 1 is 0.786 bits per heavy atom. The minimum Gasteiger partial charge on any atom is -0.455 e. The zero-order valence-electron chi connectivity index (χ0n) is 23.7. The summed E-state index contributed by atoms with van der Waals surface area (Å²) < 4.78 is 14.8. The predicted octanol–water partition coefficient (Wildman–Crippen LogP) is 10.4. The molecule has 42 heavy (non-hydrogen) atoms. The molecule has 0 aliphatic heterocycles.